The quantitative estimate of drug-likeness (QED) is 0.547. The van der Waals surface area contributed by atoms with Gasteiger partial charge in [-0.25, -0.2) is 4.98 Å². The zero-order chi connectivity index (χ0) is 10.1. The highest BCUT2D eigenvalue weighted by atomic mass is 15.0. The Hall–Kier alpha value is -1.84. The van der Waals surface area contributed by atoms with Gasteiger partial charge < -0.3 is 10.1 Å². The van der Waals surface area contributed by atoms with Crippen LogP contribution in [0.5, 0.6) is 0 Å². The molecular weight excluding hydrogens is 176 g/mol. The van der Waals surface area contributed by atoms with E-state index >= 15 is 0 Å². The molecule has 0 aromatic carbocycles. The summed E-state index contributed by atoms with van der Waals surface area (Å²) in [6, 6.07) is 3.95. The summed E-state index contributed by atoms with van der Waals surface area (Å²) in [7, 11) is 0. The highest BCUT2D eigenvalue weighted by Gasteiger charge is 2.00. The fourth-order valence-electron chi connectivity index (χ4n) is 1.49. The average molecular weight is 188 g/mol. The molecule has 0 radical (unpaired) electrons. The van der Waals surface area contributed by atoms with Crippen LogP contribution in [0.4, 0.5) is 0 Å². The number of rotatable bonds is 2. The number of amidine groups is 1. The minimum absolute atomic E-state index is 0.183. The Morgan fingerprint density at radius 1 is 1.57 bits per heavy atom. The Kier molecular flexibility index (Phi) is 1.96. The highest BCUT2D eigenvalue weighted by Crippen LogP contribution is 2.09. The van der Waals surface area contributed by atoms with Crippen LogP contribution in [0, 0.1) is 12.3 Å². The molecule has 4 heteroatoms. The van der Waals surface area contributed by atoms with Crippen LogP contribution in [0.25, 0.3) is 5.52 Å². The van der Waals surface area contributed by atoms with Gasteiger partial charge in [-0.05, 0) is 18.6 Å². The monoisotopic (exact) mass is 188 g/mol. The molecule has 0 atom stereocenters. The summed E-state index contributed by atoms with van der Waals surface area (Å²) < 4.78 is 2.00. The number of nitrogens with two attached hydrogens (primary N) is 1. The van der Waals surface area contributed by atoms with Crippen molar-refractivity contribution in [3.63, 3.8) is 0 Å². The van der Waals surface area contributed by atoms with Crippen LogP contribution >= 0.6 is 0 Å². The van der Waals surface area contributed by atoms with Crippen molar-refractivity contribution in [2.45, 2.75) is 13.3 Å². The molecule has 0 saturated carbocycles. The second-order valence-electron chi connectivity index (χ2n) is 3.34. The van der Waals surface area contributed by atoms with E-state index in [0.29, 0.717) is 6.42 Å². The van der Waals surface area contributed by atoms with Crippen molar-refractivity contribution < 1.29 is 0 Å². The largest absolute Gasteiger partial charge is 0.387 e. The minimum Gasteiger partial charge on any atom is -0.387 e. The number of hydrogen-bond donors (Lipinski definition) is 2. The first-order chi connectivity index (χ1) is 6.66. The van der Waals surface area contributed by atoms with E-state index < -0.39 is 0 Å². The SMILES string of the molecule is Cc1ncc2ccc(CC(=N)N)cn12. The highest BCUT2D eigenvalue weighted by molar-refractivity contribution is 5.79. The Balaban J connectivity index is 2.49. The smallest absolute Gasteiger partial charge is 0.110 e. The third kappa shape index (κ3) is 1.46. The van der Waals surface area contributed by atoms with Crippen LogP contribution in [-0.2, 0) is 6.42 Å². The lowest BCUT2D eigenvalue weighted by atomic mass is 10.2. The van der Waals surface area contributed by atoms with Crippen LogP contribution in [0.3, 0.4) is 0 Å². The van der Waals surface area contributed by atoms with Crippen molar-refractivity contribution in [3.8, 4) is 0 Å². The molecule has 0 fully saturated rings. The first-order valence-corrected chi connectivity index (χ1v) is 4.42. The van der Waals surface area contributed by atoms with Gasteiger partial charge in [-0.3, -0.25) is 5.41 Å². The summed E-state index contributed by atoms with van der Waals surface area (Å²) in [4.78, 5) is 4.19. The molecule has 0 aliphatic rings. The number of nitrogens with one attached hydrogen (secondary N) is 1. The van der Waals surface area contributed by atoms with E-state index in [4.69, 9.17) is 11.1 Å². The van der Waals surface area contributed by atoms with E-state index in [9.17, 15) is 0 Å². The molecule has 0 saturated heterocycles. The first kappa shape index (κ1) is 8.74. The van der Waals surface area contributed by atoms with Gasteiger partial charge in [0.1, 0.15) is 5.82 Å². The van der Waals surface area contributed by atoms with E-state index in [1.807, 2.05) is 35.9 Å². The van der Waals surface area contributed by atoms with Crippen molar-refractivity contribution in [2.24, 2.45) is 5.73 Å². The number of pyridine rings is 1. The van der Waals surface area contributed by atoms with Gasteiger partial charge >= 0.3 is 0 Å². The molecular formula is C10H12N4. The van der Waals surface area contributed by atoms with Crippen molar-refractivity contribution in [1.82, 2.24) is 9.38 Å². The fourth-order valence-corrected chi connectivity index (χ4v) is 1.49. The average Bonchev–Trinajstić information content (AvgIpc) is 2.47. The zero-order valence-corrected chi connectivity index (χ0v) is 7.99. The summed E-state index contributed by atoms with van der Waals surface area (Å²) >= 11 is 0. The second-order valence-corrected chi connectivity index (χ2v) is 3.34. The van der Waals surface area contributed by atoms with Gasteiger partial charge in [-0.2, -0.15) is 0 Å². The number of fused-ring (bicyclic) bond motifs is 1. The topological polar surface area (TPSA) is 67.2 Å². The third-order valence-corrected chi connectivity index (χ3v) is 2.17. The molecule has 0 bridgehead atoms. The molecule has 2 heterocycles. The van der Waals surface area contributed by atoms with E-state index in [1.54, 1.807) is 0 Å². The van der Waals surface area contributed by atoms with Crippen LogP contribution in [0.2, 0.25) is 0 Å². The number of aromatic nitrogens is 2. The summed E-state index contributed by atoms with van der Waals surface area (Å²) in [5.41, 5.74) is 7.44. The molecule has 0 aliphatic heterocycles. The number of nitrogens with zero attached hydrogens (tertiary/aromatic N) is 2. The molecule has 0 aliphatic carbocycles. The lowest BCUT2D eigenvalue weighted by Gasteiger charge is -2.01. The van der Waals surface area contributed by atoms with Crippen LogP contribution < -0.4 is 5.73 Å². The molecule has 2 aromatic heterocycles. The van der Waals surface area contributed by atoms with Crippen LogP contribution in [0.15, 0.2) is 24.5 Å². The van der Waals surface area contributed by atoms with Gasteiger partial charge in [0, 0.05) is 12.6 Å². The van der Waals surface area contributed by atoms with Crippen molar-refractivity contribution >= 4 is 11.4 Å². The standard InChI is InChI=1S/C10H12N4/c1-7-13-5-9-3-2-8(4-10(11)12)6-14(7)9/h2-3,5-6H,4H2,1H3,(H3,11,12). The number of imidazole rings is 1. The van der Waals surface area contributed by atoms with Crippen molar-refractivity contribution in [2.75, 3.05) is 0 Å². The van der Waals surface area contributed by atoms with E-state index in [1.165, 1.54) is 0 Å². The predicted octanol–water partition coefficient (Wildman–Crippen LogP) is 1.12. The third-order valence-electron chi connectivity index (χ3n) is 2.17. The van der Waals surface area contributed by atoms with Gasteiger partial charge in [-0.1, -0.05) is 6.07 Å². The second kappa shape index (κ2) is 3.14. The van der Waals surface area contributed by atoms with Gasteiger partial charge in [0.25, 0.3) is 0 Å². The van der Waals surface area contributed by atoms with Crippen LogP contribution in [-0.4, -0.2) is 15.2 Å². The maximum absolute atomic E-state index is 7.21. The summed E-state index contributed by atoms with van der Waals surface area (Å²) in [6.07, 6.45) is 4.29. The predicted molar refractivity (Wildman–Crippen MR) is 55.5 cm³/mol. The lowest BCUT2D eigenvalue weighted by molar-refractivity contribution is 1.02. The molecule has 0 unspecified atom stereocenters. The van der Waals surface area contributed by atoms with Crippen LogP contribution in [0.1, 0.15) is 11.4 Å². The van der Waals surface area contributed by atoms with Crippen molar-refractivity contribution in [3.05, 3.63) is 35.9 Å². The lowest BCUT2D eigenvalue weighted by Crippen LogP contribution is -2.13. The number of aryl methyl sites for hydroxylation is 1. The number of hydrogen-bond acceptors (Lipinski definition) is 2. The zero-order valence-electron chi connectivity index (χ0n) is 7.99. The Bertz CT molecular complexity index is 484. The molecule has 2 rings (SSSR count). The Morgan fingerprint density at radius 3 is 3.07 bits per heavy atom. The van der Waals surface area contributed by atoms with Crippen molar-refractivity contribution in [1.29, 1.82) is 5.41 Å². The first-order valence-electron chi connectivity index (χ1n) is 4.42. The Labute approximate surface area is 81.9 Å². The van der Waals surface area contributed by atoms with E-state index in [-0.39, 0.29) is 5.84 Å². The molecule has 4 nitrogen and oxygen atoms in total. The molecule has 0 amide bonds. The Morgan fingerprint density at radius 2 is 2.36 bits per heavy atom. The van der Waals surface area contributed by atoms with Gasteiger partial charge in [0.15, 0.2) is 0 Å². The maximum atomic E-state index is 7.21. The normalized spacial score (nSPS) is 10.6. The summed E-state index contributed by atoms with van der Waals surface area (Å²) in [5.74, 6) is 1.13. The van der Waals surface area contributed by atoms with Gasteiger partial charge in [0.2, 0.25) is 0 Å². The molecule has 14 heavy (non-hydrogen) atoms. The molecule has 0 spiro atoms. The molecule has 3 N–H and O–H groups in total. The van der Waals surface area contributed by atoms with E-state index in [0.717, 1.165) is 16.9 Å². The summed E-state index contributed by atoms with van der Waals surface area (Å²) in [5, 5.41) is 7.21. The molecule has 72 valence electrons. The summed E-state index contributed by atoms with van der Waals surface area (Å²) in [6.45, 7) is 1.95. The molecule has 2 aromatic rings. The van der Waals surface area contributed by atoms with E-state index in [2.05, 4.69) is 4.98 Å². The minimum atomic E-state index is 0.183. The maximum Gasteiger partial charge on any atom is 0.110 e. The van der Waals surface area contributed by atoms with Gasteiger partial charge in [-0.15, -0.1) is 0 Å². The fraction of sp³-hybridized carbons (Fsp3) is 0.200. The van der Waals surface area contributed by atoms with Gasteiger partial charge in [0.05, 0.1) is 17.5 Å².